The third-order valence-corrected chi connectivity index (χ3v) is 3.70. The highest BCUT2D eigenvalue weighted by Crippen LogP contribution is 2.31. The molecule has 19 heavy (non-hydrogen) atoms. The van der Waals surface area contributed by atoms with Crippen molar-refractivity contribution < 1.29 is 0 Å². The van der Waals surface area contributed by atoms with Gasteiger partial charge in [0.1, 0.15) is 6.07 Å². The van der Waals surface area contributed by atoms with E-state index in [2.05, 4.69) is 17.0 Å². The van der Waals surface area contributed by atoms with Crippen LogP contribution < -0.4 is 10.6 Å². The minimum Gasteiger partial charge on any atom is -0.399 e. The van der Waals surface area contributed by atoms with Crippen LogP contribution in [0.3, 0.4) is 0 Å². The van der Waals surface area contributed by atoms with Crippen molar-refractivity contribution in [2.75, 3.05) is 10.6 Å². The number of nitrogens with zero attached hydrogens (tertiary/aromatic N) is 2. The number of hydrogen-bond acceptors (Lipinski definition) is 3. The fourth-order valence-electron chi connectivity index (χ4n) is 2.39. The van der Waals surface area contributed by atoms with Gasteiger partial charge in [0, 0.05) is 24.5 Å². The molecule has 0 atom stereocenters. The van der Waals surface area contributed by atoms with Crippen molar-refractivity contribution in [3.63, 3.8) is 0 Å². The molecule has 0 unspecified atom stereocenters. The van der Waals surface area contributed by atoms with Gasteiger partial charge in [0.05, 0.1) is 10.6 Å². The molecule has 2 N–H and O–H groups in total. The molecule has 2 aromatic carbocycles. The highest BCUT2D eigenvalue weighted by Gasteiger charge is 2.19. The quantitative estimate of drug-likeness (QED) is 0.808. The second-order valence-corrected chi connectivity index (χ2v) is 5.07. The standard InChI is InChI=1S/C15H12ClN3/c16-15-6-14(4-2-10(15)7-17)19-8-11-1-3-13(18)5-12(11)9-19/h1-6H,8-9,18H2. The average molecular weight is 270 g/mol. The number of rotatable bonds is 1. The first kappa shape index (κ1) is 11.9. The van der Waals surface area contributed by atoms with Crippen LogP contribution in [-0.2, 0) is 13.1 Å². The summed E-state index contributed by atoms with van der Waals surface area (Å²) in [4.78, 5) is 2.22. The molecule has 0 saturated carbocycles. The molecular weight excluding hydrogens is 258 g/mol. The molecule has 0 amide bonds. The van der Waals surface area contributed by atoms with E-state index in [1.165, 1.54) is 11.1 Å². The number of fused-ring (bicyclic) bond motifs is 1. The third-order valence-electron chi connectivity index (χ3n) is 3.39. The van der Waals surface area contributed by atoms with Gasteiger partial charge in [-0.3, -0.25) is 0 Å². The van der Waals surface area contributed by atoms with E-state index < -0.39 is 0 Å². The lowest BCUT2D eigenvalue weighted by atomic mass is 10.1. The molecule has 0 bridgehead atoms. The molecule has 1 heterocycles. The van der Waals surface area contributed by atoms with Crippen LogP contribution in [0.2, 0.25) is 5.02 Å². The zero-order chi connectivity index (χ0) is 13.4. The van der Waals surface area contributed by atoms with Gasteiger partial charge in [-0.1, -0.05) is 17.7 Å². The third kappa shape index (κ3) is 2.11. The maximum Gasteiger partial charge on any atom is 0.101 e. The molecule has 2 aromatic rings. The summed E-state index contributed by atoms with van der Waals surface area (Å²) < 4.78 is 0. The molecule has 0 radical (unpaired) electrons. The van der Waals surface area contributed by atoms with Gasteiger partial charge in [0.25, 0.3) is 0 Å². The molecular formula is C15H12ClN3. The summed E-state index contributed by atoms with van der Waals surface area (Å²) in [6.45, 7) is 1.67. The van der Waals surface area contributed by atoms with Gasteiger partial charge < -0.3 is 10.6 Å². The summed E-state index contributed by atoms with van der Waals surface area (Å²) in [5.74, 6) is 0. The molecule has 4 heteroatoms. The molecule has 0 aromatic heterocycles. The van der Waals surface area contributed by atoms with E-state index in [-0.39, 0.29) is 0 Å². The van der Waals surface area contributed by atoms with Gasteiger partial charge in [-0.05, 0) is 41.5 Å². The van der Waals surface area contributed by atoms with Crippen molar-refractivity contribution in [3.05, 3.63) is 58.1 Å². The summed E-state index contributed by atoms with van der Waals surface area (Å²) in [7, 11) is 0. The Balaban J connectivity index is 1.91. The predicted octanol–water partition coefficient (Wildman–Crippen LogP) is 3.31. The molecule has 0 saturated heterocycles. The minimum absolute atomic E-state index is 0.496. The number of nitrogen functional groups attached to an aromatic ring is 1. The van der Waals surface area contributed by atoms with Crippen LogP contribution in [0.5, 0.6) is 0 Å². The number of anilines is 2. The van der Waals surface area contributed by atoms with Gasteiger partial charge in [0.2, 0.25) is 0 Å². The number of benzene rings is 2. The Kier molecular flexibility index (Phi) is 2.81. The van der Waals surface area contributed by atoms with E-state index in [1.807, 2.05) is 24.3 Å². The monoisotopic (exact) mass is 269 g/mol. The summed E-state index contributed by atoms with van der Waals surface area (Å²) in [5, 5.41) is 9.38. The van der Waals surface area contributed by atoms with E-state index in [1.54, 1.807) is 6.07 Å². The van der Waals surface area contributed by atoms with E-state index >= 15 is 0 Å². The van der Waals surface area contributed by atoms with Crippen LogP contribution in [0, 0.1) is 11.3 Å². The topological polar surface area (TPSA) is 53.0 Å². The Morgan fingerprint density at radius 3 is 2.63 bits per heavy atom. The van der Waals surface area contributed by atoms with Gasteiger partial charge in [-0.2, -0.15) is 5.26 Å². The Morgan fingerprint density at radius 1 is 1.11 bits per heavy atom. The highest BCUT2D eigenvalue weighted by atomic mass is 35.5. The normalized spacial score (nSPS) is 13.2. The zero-order valence-corrected chi connectivity index (χ0v) is 11.0. The molecule has 3 nitrogen and oxygen atoms in total. The fourth-order valence-corrected chi connectivity index (χ4v) is 2.61. The molecule has 1 aliphatic rings. The Bertz CT molecular complexity index is 688. The summed E-state index contributed by atoms with van der Waals surface area (Å²) in [6.07, 6.45) is 0. The van der Waals surface area contributed by atoms with Gasteiger partial charge in [-0.15, -0.1) is 0 Å². The molecule has 1 aliphatic heterocycles. The molecule has 3 rings (SSSR count). The molecule has 0 aliphatic carbocycles. The maximum atomic E-state index is 8.89. The zero-order valence-electron chi connectivity index (χ0n) is 10.2. The van der Waals surface area contributed by atoms with Crippen LogP contribution in [0.4, 0.5) is 11.4 Å². The summed E-state index contributed by atoms with van der Waals surface area (Å²) in [5.41, 5.74) is 10.7. The Hall–Kier alpha value is -2.18. The summed E-state index contributed by atoms with van der Waals surface area (Å²) in [6, 6.07) is 13.6. The first-order valence-corrected chi connectivity index (χ1v) is 6.37. The SMILES string of the molecule is N#Cc1ccc(N2Cc3ccc(N)cc3C2)cc1Cl. The molecule has 94 valence electrons. The second-order valence-electron chi connectivity index (χ2n) is 4.66. The van der Waals surface area contributed by atoms with Crippen LogP contribution >= 0.6 is 11.6 Å². The van der Waals surface area contributed by atoms with E-state index in [4.69, 9.17) is 22.6 Å². The first-order chi connectivity index (χ1) is 9.17. The Morgan fingerprint density at radius 2 is 1.89 bits per heavy atom. The van der Waals surface area contributed by atoms with Crippen LogP contribution in [-0.4, -0.2) is 0 Å². The Labute approximate surface area is 116 Å². The van der Waals surface area contributed by atoms with Crippen molar-refractivity contribution >= 4 is 23.0 Å². The van der Waals surface area contributed by atoms with Crippen molar-refractivity contribution in [2.24, 2.45) is 0 Å². The summed E-state index contributed by atoms with van der Waals surface area (Å²) >= 11 is 6.08. The van der Waals surface area contributed by atoms with E-state index in [0.717, 1.165) is 24.5 Å². The van der Waals surface area contributed by atoms with Gasteiger partial charge in [-0.25, -0.2) is 0 Å². The minimum atomic E-state index is 0.496. The van der Waals surface area contributed by atoms with Crippen molar-refractivity contribution in [2.45, 2.75) is 13.1 Å². The van der Waals surface area contributed by atoms with E-state index in [9.17, 15) is 0 Å². The number of halogens is 1. The highest BCUT2D eigenvalue weighted by molar-refractivity contribution is 6.32. The predicted molar refractivity (Wildman–Crippen MR) is 76.9 cm³/mol. The van der Waals surface area contributed by atoms with Crippen LogP contribution in [0.1, 0.15) is 16.7 Å². The lowest BCUT2D eigenvalue weighted by molar-refractivity contribution is 0.880. The first-order valence-electron chi connectivity index (χ1n) is 5.99. The van der Waals surface area contributed by atoms with Crippen LogP contribution in [0.25, 0.3) is 0 Å². The molecule has 0 fully saturated rings. The van der Waals surface area contributed by atoms with Crippen molar-refractivity contribution in [1.29, 1.82) is 5.26 Å². The van der Waals surface area contributed by atoms with E-state index in [0.29, 0.717) is 10.6 Å². The van der Waals surface area contributed by atoms with Crippen molar-refractivity contribution in [1.82, 2.24) is 0 Å². The number of nitrogens with two attached hydrogens (primary N) is 1. The number of hydrogen-bond donors (Lipinski definition) is 1. The lowest BCUT2D eigenvalue weighted by Gasteiger charge is -2.18. The molecule has 0 spiro atoms. The average Bonchev–Trinajstić information content (AvgIpc) is 2.81. The second kappa shape index (κ2) is 4.49. The maximum absolute atomic E-state index is 8.89. The fraction of sp³-hybridized carbons (Fsp3) is 0.133. The lowest BCUT2D eigenvalue weighted by Crippen LogP contribution is -2.14. The number of nitriles is 1. The van der Waals surface area contributed by atoms with Crippen LogP contribution in [0.15, 0.2) is 36.4 Å². The van der Waals surface area contributed by atoms with Gasteiger partial charge >= 0.3 is 0 Å². The largest absolute Gasteiger partial charge is 0.399 e. The smallest absolute Gasteiger partial charge is 0.101 e. The van der Waals surface area contributed by atoms with Gasteiger partial charge in [0.15, 0.2) is 0 Å². The van der Waals surface area contributed by atoms with Crippen molar-refractivity contribution in [3.8, 4) is 6.07 Å².